The predicted molar refractivity (Wildman–Crippen MR) is 124 cm³/mol. The number of hydrogen-bond donors (Lipinski definition) is 3. The van der Waals surface area contributed by atoms with Gasteiger partial charge in [0, 0.05) is 12.0 Å². The number of benzene rings is 2. The molecule has 1 saturated carbocycles. The molecule has 2 aliphatic carbocycles. The zero-order valence-electron chi connectivity index (χ0n) is 19.1. The molecule has 9 heteroatoms. The zero-order valence-corrected chi connectivity index (χ0v) is 19.1. The van der Waals surface area contributed by atoms with Crippen molar-refractivity contribution in [2.75, 3.05) is 13.2 Å². The number of alkyl carbamates (subject to hydrolysis) is 1. The minimum absolute atomic E-state index is 0.0417. The molecule has 2 aromatic carbocycles. The van der Waals surface area contributed by atoms with Gasteiger partial charge in [-0.25, -0.2) is 4.79 Å². The van der Waals surface area contributed by atoms with Crippen LogP contribution >= 0.6 is 0 Å². The lowest BCUT2D eigenvalue weighted by molar-refractivity contribution is -0.148. The van der Waals surface area contributed by atoms with E-state index in [4.69, 9.17) is 4.74 Å². The second-order valence-electron chi connectivity index (χ2n) is 9.05. The topological polar surface area (TPSA) is 105 Å². The number of ether oxygens (including phenoxy) is 1. The monoisotopic (exact) mass is 486 g/mol. The first kappa shape index (κ1) is 24.6. The molecule has 186 valence electrons. The van der Waals surface area contributed by atoms with Crippen molar-refractivity contribution < 1.29 is 33.0 Å². The molecule has 2 aromatic rings. The molecule has 0 saturated heterocycles. The van der Waals surface area contributed by atoms with Crippen molar-refractivity contribution in [3.8, 4) is 11.1 Å². The largest absolute Gasteiger partial charge is 0.481 e. The highest BCUT2D eigenvalue weighted by molar-refractivity contribution is 5.85. The van der Waals surface area contributed by atoms with Gasteiger partial charge in [0.05, 0.1) is 12.5 Å². The molecule has 35 heavy (non-hydrogen) atoms. The summed E-state index contributed by atoms with van der Waals surface area (Å²) in [4.78, 5) is 35.9. The number of carbonyl (C=O) groups excluding carboxylic acids is 2. The van der Waals surface area contributed by atoms with Gasteiger partial charge < -0.3 is 20.5 Å². The first-order chi connectivity index (χ1) is 16.8. The Hall–Kier alpha value is -3.49. The fourth-order valence-corrected chi connectivity index (χ4v) is 4.96. The molecule has 7 nitrogen and oxygen atoms in total. The van der Waals surface area contributed by atoms with Crippen LogP contribution < -0.4 is 10.6 Å². The number of amides is 2. The number of carboxylic acids is 1. The highest BCUT2D eigenvalue weighted by Gasteiger charge is 2.42. The van der Waals surface area contributed by atoms with Crippen LogP contribution in [0.25, 0.3) is 11.1 Å². The van der Waals surface area contributed by atoms with E-state index in [0.717, 1.165) is 28.7 Å². The number of fused-ring (bicyclic) bond motifs is 3. The number of hydrogen-bond acceptors (Lipinski definition) is 4. The van der Waals surface area contributed by atoms with E-state index in [1.54, 1.807) is 0 Å². The molecule has 1 fully saturated rings. The lowest BCUT2D eigenvalue weighted by atomic mass is 9.94. The Labute approximate surface area is 201 Å². The number of aliphatic carboxylic acids is 1. The van der Waals surface area contributed by atoms with Gasteiger partial charge in [0.2, 0.25) is 0 Å². The van der Waals surface area contributed by atoms with Gasteiger partial charge in [0.1, 0.15) is 6.61 Å². The molecule has 0 aromatic heterocycles. The fraction of sp³-hybridized carbons (Fsp3) is 0.423. The normalized spacial score (nSPS) is 19.7. The number of carbonyl (C=O) groups is 3. The second kappa shape index (κ2) is 10.4. The van der Waals surface area contributed by atoms with Gasteiger partial charge in [-0.3, -0.25) is 9.59 Å². The Bertz CT molecular complexity index is 1060. The second-order valence-corrected chi connectivity index (χ2v) is 9.05. The van der Waals surface area contributed by atoms with Crippen LogP contribution in [0.2, 0.25) is 0 Å². The van der Waals surface area contributed by atoms with Crippen molar-refractivity contribution >= 4 is 18.0 Å². The molecule has 2 aliphatic rings. The summed E-state index contributed by atoms with van der Waals surface area (Å²) in [6.07, 6.45) is 1.69. The van der Waals surface area contributed by atoms with Crippen molar-refractivity contribution in [2.24, 2.45) is 5.92 Å². The van der Waals surface area contributed by atoms with E-state index in [9.17, 15) is 28.3 Å². The van der Waals surface area contributed by atoms with Crippen molar-refractivity contribution in [1.82, 2.24) is 10.6 Å². The molecular weight excluding hydrogens is 458 g/mol. The summed E-state index contributed by atoms with van der Waals surface area (Å²) >= 11 is 0. The summed E-state index contributed by atoms with van der Waals surface area (Å²) in [5.41, 5.74) is 4.06. The molecular formula is C26H28F2N2O5. The van der Waals surface area contributed by atoms with Gasteiger partial charge in [-0.2, -0.15) is 8.78 Å². The number of rotatable bonds is 7. The van der Waals surface area contributed by atoms with Crippen molar-refractivity contribution in [3.05, 3.63) is 59.7 Å². The van der Waals surface area contributed by atoms with E-state index >= 15 is 0 Å². The van der Waals surface area contributed by atoms with Gasteiger partial charge in [-0.1, -0.05) is 67.8 Å². The van der Waals surface area contributed by atoms with Crippen LogP contribution in [-0.2, 0) is 14.3 Å². The number of halogens is 2. The molecule has 3 N–H and O–H groups in total. The Kier molecular flexibility index (Phi) is 7.33. The maximum absolute atomic E-state index is 14.5. The quantitative estimate of drug-likeness (QED) is 0.506. The van der Waals surface area contributed by atoms with Crippen molar-refractivity contribution in [3.63, 3.8) is 0 Å². The van der Waals surface area contributed by atoms with E-state index in [1.807, 2.05) is 53.8 Å². The van der Waals surface area contributed by atoms with Crippen LogP contribution in [0.15, 0.2) is 48.5 Å². The average Bonchev–Trinajstić information content (AvgIpc) is 2.97. The van der Waals surface area contributed by atoms with Gasteiger partial charge in [-0.15, -0.1) is 0 Å². The summed E-state index contributed by atoms with van der Waals surface area (Å²) in [6.45, 7) is -1.29. The summed E-state index contributed by atoms with van der Waals surface area (Å²) < 4.78 is 34.2. The van der Waals surface area contributed by atoms with E-state index in [2.05, 4.69) is 5.32 Å². The lowest BCUT2D eigenvalue weighted by Gasteiger charge is -2.25. The van der Waals surface area contributed by atoms with E-state index in [0.29, 0.717) is 25.7 Å². The van der Waals surface area contributed by atoms with Gasteiger partial charge in [0.25, 0.3) is 5.91 Å². The van der Waals surface area contributed by atoms with Crippen molar-refractivity contribution in [1.29, 1.82) is 0 Å². The Balaban J connectivity index is 1.32. The first-order valence-corrected chi connectivity index (χ1v) is 11.8. The summed E-state index contributed by atoms with van der Waals surface area (Å²) in [5, 5.41) is 13.5. The summed E-state index contributed by atoms with van der Waals surface area (Å²) in [6, 6.07) is 14.6. The molecule has 0 aliphatic heterocycles. The summed E-state index contributed by atoms with van der Waals surface area (Å²) in [7, 11) is 0. The van der Waals surface area contributed by atoms with E-state index < -0.39 is 42.4 Å². The standard InChI is InChI=1S/C26H28F2N2O5/c27-26(28,24(33)30-22-13-3-1-2-12-20(22)23(31)32)15-29-25(34)35-14-21-18-10-6-4-8-16(18)17-9-5-7-11-19(17)21/h4-11,20-22H,1-3,12-15H2,(H,29,34)(H,30,33)(H,31,32). The molecule has 2 atom stereocenters. The molecule has 0 radical (unpaired) electrons. The number of carboxylic acid groups (broad SMARTS) is 1. The van der Waals surface area contributed by atoms with Gasteiger partial charge in [0.15, 0.2) is 0 Å². The van der Waals surface area contributed by atoms with Gasteiger partial charge >= 0.3 is 18.0 Å². The molecule has 2 amide bonds. The Morgan fingerprint density at radius 2 is 1.54 bits per heavy atom. The maximum Gasteiger partial charge on any atom is 0.407 e. The molecule has 0 bridgehead atoms. The molecule has 2 unspecified atom stereocenters. The minimum atomic E-state index is -3.92. The van der Waals surface area contributed by atoms with Crippen LogP contribution in [0.5, 0.6) is 0 Å². The van der Waals surface area contributed by atoms with E-state index in [-0.39, 0.29) is 12.5 Å². The summed E-state index contributed by atoms with van der Waals surface area (Å²) in [5.74, 6) is -7.76. The highest BCUT2D eigenvalue weighted by atomic mass is 19.3. The van der Waals surface area contributed by atoms with Crippen LogP contribution in [0, 0.1) is 5.92 Å². The zero-order chi connectivity index (χ0) is 25.0. The Morgan fingerprint density at radius 3 is 2.17 bits per heavy atom. The molecule has 0 heterocycles. The average molecular weight is 487 g/mol. The molecule has 4 rings (SSSR count). The van der Waals surface area contributed by atoms with Crippen molar-refractivity contribution in [2.45, 2.75) is 50.0 Å². The number of nitrogens with one attached hydrogen (secondary N) is 2. The van der Waals surface area contributed by atoms with Crippen LogP contribution in [0.1, 0.15) is 49.1 Å². The van der Waals surface area contributed by atoms with E-state index in [1.165, 1.54) is 0 Å². The third-order valence-electron chi connectivity index (χ3n) is 6.78. The lowest BCUT2D eigenvalue weighted by Crippen LogP contribution is -2.53. The maximum atomic E-state index is 14.5. The number of alkyl halides is 2. The van der Waals surface area contributed by atoms with Gasteiger partial charge in [-0.05, 0) is 35.1 Å². The van der Waals surface area contributed by atoms with Crippen LogP contribution in [-0.4, -0.2) is 48.2 Å². The smallest absolute Gasteiger partial charge is 0.407 e. The first-order valence-electron chi connectivity index (χ1n) is 11.8. The minimum Gasteiger partial charge on any atom is -0.481 e. The third-order valence-corrected chi connectivity index (χ3v) is 6.78. The molecule has 0 spiro atoms. The SMILES string of the molecule is O=C(NCC(F)(F)C(=O)NC1CCCCCC1C(=O)O)OCC1c2ccccc2-c2ccccc21. The highest BCUT2D eigenvalue weighted by Crippen LogP contribution is 2.44. The predicted octanol–water partition coefficient (Wildman–Crippen LogP) is 4.31. The fourth-order valence-electron chi connectivity index (χ4n) is 4.96. The third kappa shape index (κ3) is 5.44. The van der Waals surface area contributed by atoms with Crippen LogP contribution in [0.4, 0.5) is 13.6 Å². The Morgan fingerprint density at radius 1 is 0.943 bits per heavy atom. The van der Waals surface area contributed by atoms with Crippen LogP contribution in [0.3, 0.4) is 0 Å².